The molecule has 1 amide bonds. The summed E-state index contributed by atoms with van der Waals surface area (Å²) in [6.07, 6.45) is 2.21. The van der Waals surface area contributed by atoms with Gasteiger partial charge >= 0.3 is 5.97 Å². The molecule has 0 fully saturated rings. The summed E-state index contributed by atoms with van der Waals surface area (Å²) in [6, 6.07) is 35.1. The normalized spacial score (nSPS) is 11.7. The number of carboxylic acid groups (broad SMARTS) is 1. The summed E-state index contributed by atoms with van der Waals surface area (Å²) in [7, 11) is 0. The molecule has 0 saturated carbocycles. The summed E-state index contributed by atoms with van der Waals surface area (Å²) in [4.78, 5) is 45.0. The molecule has 9 heteroatoms. The molecular formula is C42H40N4O4S. The Hall–Kier alpha value is -5.67. The van der Waals surface area contributed by atoms with Crippen molar-refractivity contribution >= 4 is 45.7 Å². The number of aromatic nitrogens is 2. The second-order valence-corrected chi connectivity index (χ2v) is 13.7. The van der Waals surface area contributed by atoms with Crippen molar-refractivity contribution in [2.75, 3.05) is 5.73 Å². The number of benzene rings is 5. The van der Waals surface area contributed by atoms with Gasteiger partial charge in [-0.05, 0) is 84.8 Å². The second kappa shape index (κ2) is 15.5. The van der Waals surface area contributed by atoms with Gasteiger partial charge in [-0.25, -0.2) is 9.78 Å². The average Bonchev–Trinajstić information content (AvgIpc) is 3.48. The van der Waals surface area contributed by atoms with Crippen molar-refractivity contribution in [2.45, 2.75) is 52.6 Å². The van der Waals surface area contributed by atoms with Crippen LogP contribution in [0.3, 0.4) is 0 Å². The summed E-state index contributed by atoms with van der Waals surface area (Å²) >= 11 is 0.882. The molecule has 0 saturated heterocycles. The van der Waals surface area contributed by atoms with Gasteiger partial charge in [0.1, 0.15) is 5.82 Å². The molecule has 0 radical (unpaired) electrons. The van der Waals surface area contributed by atoms with E-state index in [1.54, 1.807) is 40.7 Å². The maximum atomic E-state index is 14.5. The van der Waals surface area contributed by atoms with Gasteiger partial charge in [-0.3, -0.25) is 13.9 Å². The lowest BCUT2D eigenvalue weighted by molar-refractivity contribution is 0.0697. The summed E-state index contributed by atoms with van der Waals surface area (Å²) in [5.41, 5.74) is 13.7. The molecule has 1 unspecified atom stereocenters. The summed E-state index contributed by atoms with van der Waals surface area (Å²) in [5, 5.41) is 9.39. The maximum Gasteiger partial charge on any atom is 0.336 e. The van der Waals surface area contributed by atoms with Crippen LogP contribution in [-0.2, 0) is 19.4 Å². The lowest BCUT2D eigenvalue weighted by atomic mass is 9.98. The molecule has 8 nitrogen and oxygen atoms in total. The van der Waals surface area contributed by atoms with Gasteiger partial charge in [0.25, 0.3) is 5.91 Å². The van der Waals surface area contributed by atoms with Crippen molar-refractivity contribution in [1.82, 2.24) is 13.9 Å². The Labute approximate surface area is 302 Å². The van der Waals surface area contributed by atoms with Crippen molar-refractivity contribution in [2.24, 2.45) is 0 Å². The fraction of sp³-hybridized carbons (Fsp3) is 0.190. The number of amides is 1. The number of imidazole rings is 1. The largest absolute Gasteiger partial charge is 0.478 e. The Bertz CT molecular complexity index is 2210. The molecule has 0 aliphatic heterocycles. The molecule has 258 valence electrons. The van der Waals surface area contributed by atoms with E-state index >= 15 is 0 Å². The number of anilines is 1. The highest BCUT2D eigenvalue weighted by atomic mass is 32.2. The number of carbonyl (C=O) groups is 3. The number of rotatable bonds is 11. The van der Waals surface area contributed by atoms with E-state index in [1.165, 1.54) is 0 Å². The Morgan fingerprint density at radius 3 is 2.22 bits per heavy atom. The van der Waals surface area contributed by atoms with E-state index in [-0.39, 0.29) is 22.6 Å². The van der Waals surface area contributed by atoms with Crippen molar-refractivity contribution in [3.63, 3.8) is 0 Å². The second-order valence-electron chi connectivity index (χ2n) is 12.7. The molecule has 0 spiro atoms. The number of aryl methyl sites for hydroxylation is 2. The third-order valence-corrected chi connectivity index (χ3v) is 10.1. The van der Waals surface area contributed by atoms with Gasteiger partial charge in [-0.2, -0.15) is 0 Å². The summed E-state index contributed by atoms with van der Waals surface area (Å²) in [5.74, 6) is -0.328. The molecule has 1 aromatic heterocycles. The van der Waals surface area contributed by atoms with E-state index < -0.39 is 5.97 Å². The Balaban J connectivity index is 1.36. The molecule has 0 aliphatic carbocycles. The molecule has 0 aliphatic rings. The van der Waals surface area contributed by atoms with Gasteiger partial charge in [0.05, 0.1) is 22.2 Å². The van der Waals surface area contributed by atoms with Crippen molar-refractivity contribution in [1.29, 1.82) is 0 Å². The molecule has 0 bridgehead atoms. The first-order valence-corrected chi connectivity index (χ1v) is 17.8. The van der Waals surface area contributed by atoms with E-state index in [4.69, 9.17) is 10.7 Å². The number of nitrogen functional groups attached to an aromatic ring is 1. The first-order chi connectivity index (χ1) is 24.6. The quantitative estimate of drug-likeness (QED) is 0.103. The van der Waals surface area contributed by atoms with Crippen LogP contribution in [0.15, 0.2) is 115 Å². The maximum absolute atomic E-state index is 14.5. The summed E-state index contributed by atoms with van der Waals surface area (Å²) < 4.78 is 3.73. The minimum absolute atomic E-state index is 0.253. The van der Waals surface area contributed by atoms with Crippen LogP contribution in [0.5, 0.6) is 0 Å². The van der Waals surface area contributed by atoms with Crippen molar-refractivity contribution < 1.29 is 19.5 Å². The van der Waals surface area contributed by atoms with Crippen LogP contribution in [0.25, 0.3) is 22.2 Å². The molecule has 3 N–H and O–H groups in total. The van der Waals surface area contributed by atoms with Gasteiger partial charge < -0.3 is 15.4 Å². The molecule has 51 heavy (non-hydrogen) atoms. The lowest BCUT2D eigenvalue weighted by Crippen LogP contribution is -2.35. The number of nitrogens with zero attached hydrogens (tertiary/aromatic N) is 3. The first-order valence-electron chi connectivity index (χ1n) is 17.0. The standard InChI is InChI=1S/C42H40N4O4S/c1-4-12-38-44-39-27(2)23-32(25-37(39)45(38)26-30-19-21-31(22-20-30)33-15-8-9-16-34(33)41(48)49)40(47)46(28(3)24-29-13-6-5-7-14-29)51-42(50)35-17-10-11-18-36(35)43/h5-11,13-23,25,28H,4,12,24,26,43H2,1-3H3,(H,48,49). The zero-order valence-electron chi connectivity index (χ0n) is 28.9. The van der Waals surface area contributed by atoms with Crippen LogP contribution >= 0.6 is 11.9 Å². The SMILES string of the molecule is CCCc1nc2c(C)cc(C(=O)N(SC(=O)c3ccccc3N)C(C)Cc3ccccc3)cc2n1Cc1ccc(-c2ccccc2C(=O)O)cc1. The highest BCUT2D eigenvalue weighted by Gasteiger charge is 2.28. The van der Waals surface area contributed by atoms with Crippen LogP contribution in [-0.4, -0.2) is 42.0 Å². The van der Waals surface area contributed by atoms with Gasteiger partial charge in [-0.15, -0.1) is 0 Å². The smallest absolute Gasteiger partial charge is 0.336 e. The zero-order chi connectivity index (χ0) is 36.1. The monoisotopic (exact) mass is 696 g/mol. The van der Waals surface area contributed by atoms with E-state index in [0.717, 1.165) is 63.9 Å². The van der Waals surface area contributed by atoms with Gasteiger partial charge in [0.2, 0.25) is 5.12 Å². The van der Waals surface area contributed by atoms with E-state index in [9.17, 15) is 19.5 Å². The van der Waals surface area contributed by atoms with Gasteiger partial charge in [0, 0.05) is 42.2 Å². The molecule has 1 atom stereocenters. The predicted octanol–water partition coefficient (Wildman–Crippen LogP) is 8.85. The Morgan fingerprint density at radius 2 is 1.53 bits per heavy atom. The fourth-order valence-corrected chi connectivity index (χ4v) is 7.27. The summed E-state index contributed by atoms with van der Waals surface area (Å²) in [6.45, 7) is 6.53. The van der Waals surface area contributed by atoms with Gasteiger partial charge in [-0.1, -0.05) is 91.9 Å². The molecule has 1 heterocycles. The van der Waals surface area contributed by atoms with Crippen LogP contribution in [0, 0.1) is 6.92 Å². The number of hydrogen-bond donors (Lipinski definition) is 2. The topological polar surface area (TPSA) is 119 Å². The third-order valence-electron chi connectivity index (χ3n) is 8.94. The highest BCUT2D eigenvalue weighted by Crippen LogP contribution is 2.31. The molecular weight excluding hydrogens is 657 g/mol. The number of carbonyl (C=O) groups excluding carboxylic acids is 2. The highest BCUT2D eigenvalue weighted by molar-refractivity contribution is 8.12. The van der Waals surface area contributed by atoms with Crippen LogP contribution in [0.4, 0.5) is 5.69 Å². The van der Waals surface area contributed by atoms with Gasteiger partial charge in [0.15, 0.2) is 0 Å². The number of fused-ring (bicyclic) bond motifs is 1. The minimum Gasteiger partial charge on any atom is -0.478 e. The predicted molar refractivity (Wildman–Crippen MR) is 205 cm³/mol. The number of hydrogen-bond acceptors (Lipinski definition) is 6. The minimum atomic E-state index is -0.968. The van der Waals surface area contributed by atoms with Crippen molar-refractivity contribution in [3.05, 3.63) is 154 Å². The van der Waals surface area contributed by atoms with Crippen LogP contribution in [0.2, 0.25) is 0 Å². The Kier molecular flexibility index (Phi) is 10.7. The lowest BCUT2D eigenvalue weighted by Gasteiger charge is -2.28. The van der Waals surface area contributed by atoms with Crippen LogP contribution in [0.1, 0.15) is 73.9 Å². The van der Waals surface area contributed by atoms with Crippen molar-refractivity contribution in [3.8, 4) is 11.1 Å². The third kappa shape index (κ3) is 7.74. The number of carboxylic acids is 1. The van der Waals surface area contributed by atoms with E-state index in [2.05, 4.69) is 11.5 Å². The van der Waals surface area contributed by atoms with E-state index in [0.29, 0.717) is 35.3 Å². The Morgan fingerprint density at radius 1 is 0.863 bits per heavy atom. The molecule has 6 rings (SSSR count). The number of para-hydroxylation sites is 1. The average molecular weight is 697 g/mol. The zero-order valence-corrected chi connectivity index (χ0v) is 29.7. The molecule has 5 aromatic carbocycles. The molecule has 6 aromatic rings. The number of aromatic carboxylic acids is 1. The number of nitrogens with two attached hydrogens (primary N) is 1. The fourth-order valence-electron chi connectivity index (χ4n) is 6.37. The van der Waals surface area contributed by atoms with E-state index in [1.807, 2.05) is 92.7 Å². The first kappa shape index (κ1) is 35.2. The van der Waals surface area contributed by atoms with Crippen LogP contribution < -0.4 is 5.73 Å².